The first-order chi connectivity index (χ1) is 16.9. The number of ether oxygens (including phenoxy) is 4. The Labute approximate surface area is 206 Å². The fraction of sp³-hybridized carbons (Fsp3) is 0.481. The molecule has 0 N–H and O–H groups in total. The number of nitrogens with zero attached hydrogens (tertiary/aromatic N) is 2. The van der Waals surface area contributed by atoms with Crippen molar-refractivity contribution in [2.75, 3.05) is 48.6 Å². The van der Waals surface area contributed by atoms with E-state index in [1.807, 2.05) is 23.1 Å². The normalized spacial score (nSPS) is 20.1. The van der Waals surface area contributed by atoms with Gasteiger partial charge in [0.2, 0.25) is 5.91 Å². The van der Waals surface area contributed by atoms with Crippen LogP contribution in [-0.4, -0.2) is 70.2 Å². The second-order valence-corrected chi connectivity index (χ2v) is 8.99. The van der Waals surface area contributed by atoms with Gasteiger partial charge in [0.15, 0.2) is 23.0 Å². The Kier molecular flexibility index (Phi) is 7.38. The number of likely N-dealkylation sites (tertiary alicyclic amines) is 1. The predicted octanol–water partition coefficient (Wildman–Crippen LogP) is 4.03. The third-order valence-electron chi connectivity index (χ3n) is 7.11. The summed E-state index contributed by atoms with van der Waals surface area (Å²) in [4.78, 5) is 31.4. The SMILES string of the molecule is COc1ccc([C@@H]2[C@@H](C(=O)N3CCCCCC3)c3cc(OC)c(OC)cc3C(=O)N2C)cc1OC. The molecule has 0 spiro atoms. The molecule has 2 aromatic carbocycles. The van der Waals surface area contributed by atoms with Crippen LogP contribution in [0.5, 0.6) is 23.0 Å². The van der Waals surface area contributed by atoms with Gasteiger partial charge in [0.1, 0.15) is 0 Å². The van der Waals surface area contributed by atoms with Gasteiger partial charge in [-0.15, -0.1) is 0 Å². The van der Waals surface area contributed by atoms with Crippen LogP contribution in [0.1, 0.15) is 59.1 Å². The van der Waals surface area contributed by atoms with Gasteiger partial charge in [-0.05, 0) is 48.2 Å². The molecule has 8 nitrogen and oxygen atoms in total. The minimum Gasteiger partial charge on any atom is -0.493 e. The molecule has 2 amide bonds. The summed E-state index contributed by atoms with van der Waals surface area (Å²) in [6, 6.07) is 8.49. The summed E-state index contributed by atoms with van der Waals surface area (Å²) in [5, 5.41) is 0. The molecule has 0 aromatic heterocycles. The van der Waals surface area contributed by atoms with Crippen LogP contribution in [0.2, 0.25) is 0 Å². The number of likely N-dealkylation sites (N-methyl/N-ethyl adjacent to an activating group) is 1. The van der Waals surface area contributed by atoms with Gasteiger partial charge >= 0.3 is 0 Å². The molecule has 2 heterocycles. The van der Waals surface area contributed by atoms with Crippen molar-refractivity contribution in [1.29, 1.82) is 0 Å². The van der Waals surface area contributed by atoms with Crippen molar-refractivity contribution < 1.29 is 28.5 Å². The Hall–Kier alpha value is -3.42. The fourth-order valence-corrected chi connectivity index (χ4v) is 5.26. The molecule has 2 atom stereocenters. The van der Waals surface area contributed by atoms with Crippen LogP contribution < -0.4 is 18.9 Å². The highest BCUT2D eigenvalue weighted by molar-refractivity contribution is 6.02. The van der Waals surface area contributed by atoms with Gasteiger partial charge in [-0.25, -0.2) is 0 Å². The van der Waals surface area contributed by atoms with Crippen LogP contribution in [0.3, 0.4) is 0 Å². The van der Waals surface area contributed by atoms with Crippen molar-refractivity contribution in [2.24, 2.45) is 0 Å². The van der Waals surface area contributed by atoms with Gasteiger partial charge in [0.25, 0.3) is 5.91 Å². The lowest BCUT2D eigenvalue weighted by Crippen LogP contribution is -2.47. The summed E-state index contributed by atoms with van der Waals surface area (Å²) in [7, 11) is 7.98. The summed E-state index contributed by atoms with van der Waals surface area (Å²) >= 11 is 0. The van der Waals surface area contributed by atoms with Crippen molar-refractivity contribution in [3.63, 3.8) is 0 Å². The van der Waals surface area contributed by atoms with E-state index in [1.165, 1.54) is 7.11 Å². The Morgan fingerprint density at radius 1 is 0.800 bits per heavy atom. The van der Waals surface area contributed by atoms with E-state index in [0.717, 1.165) is 31.2 Å². The maximum Gasteiger partial charge on any atom is 0.254 e. The Balaban J connectivity index is 1.90. The average Bonchev–Trinajstić information content (AvgIpc) is 3.18. The lowest BCUT2D eigenvalue weighted by molar-refractivity contribution is -0.134. The molecule has 0 radical (unpaired) electrons. The first-order valence-electron chi connectivity index (χ1n) is 12.0. The summed E-state index contributed by atoms with van der Waals surface area (Å²) in [5.41, 5.74) is 1.90. The Morgan fingerprint density at radius 2 is 1.37 bits per heavy atom. The van der Waals surface area contributed by atoms with Gasteiger partial charge < -0.3 is 28.7 Å². The third kappa shape index (κ3) is 4.49. The summed E-state index contributed by atoms with van der Waals surface area (Å²) < 4.78 is 22.0. The van der Waals surface area contributed by atoms with E-state index in [0.29, 0.717) is 47.2 Å². The van der Waals surface area contributed by atoms with E-state index >= 15 is 0 Å². The molecule has 4 rings (SSSR count). The summed E-state index contributed by atoms with van der Waals surface area (Å²) in [5.74, 6) is 1.30. The highest BCUT2D eigenvalue weighted by Gasteiger charge is 2.45. The Morgan fingerprint density at radius 3 is 1.97 bits per heavy atom. The predicted molar refractivity (Wildman–Crippen MR) is 132 cm³/mol. The van der Waals surface area contributed by atoms with Crippen molar-refractivity contribution in [3.05, 3.63) is 47.0 Å². The van der Waals surface area contributed by atoms with Crippen LogP contribution in [0.15, 0.2) is 30.3 Å². The van der Waals surface area contributed by atoms with E-state index in [-0.39, 0.29) is 11.8 Å². The topological polar surface area (TPSA) is 77.5 Å². The molecule has 0 saturated carbocycles. The quantitative estimate of drug-likeness (QED) is 0.619. The van der Waals surface area contributed by atoms with E-state index in [2.05, 4.69) is 0 Å². The van der Waals surface area contributed by atoms with Crippen LogP contribution >= 0.6 is 0 Å². The number of methoxy groups -OCH3 is 4. The first kappa shape index (κ1) is 24.7. The smallest absolute Gasteiger partial charge is 0.254 e. The number of amides is 2. The maximum absolute atomic E-state index is 14.2. The van der Waals surface area contributed by atoms with Crippen LogP contribution in [0.4, 0.5) is 0 Å². The maximum atomic E-state index is 14.2. The number of hydrogen-bond acceptors (Lipinski definition) is 6. The number of rotatable bonds is 6. The van der Waals surface area contributed by atoms with E-state index in [9.17, 15) is 9.59 Å². The third-order valence-corrected chi connectivity index (χ3v) is 7.11. The number of benzene rings is 2. The number of carbonyl (C=O) groups excluding carboxylic acids is 2. The second kappa shape index (κ2) is 10.5. The molecule has 188 valence electrons. The monoisotopic (exact) mass is 482 g/mol. The zero-order valence-corrected chi connectivity index (χ0v) is 21.1. The number of carbonyl (C=O) groups is 2. The lowest BCUT2D eigenvalue weighted by atomic mass is 9.78. The molecule has 8 heteroatoms. The van der Waals surface area contributed by atoms with Crippen LogP contribution in [0.25, 0.3) is 0 Å². The fourth-order valence-electron chi connectivity index (χ4n) is 5.26. The standard InChI is InChI=1S/C27H34N2O6/c1-28-25(17-10-11-20(32-2)21(14-17)33-3)24(27(31)29-12-8-6-7-9-13-29)18-15-22(34-4)23(35-5)16-19(18)26(28)30/h10-11,14-16,24-25H,6-9,12-13H2,1-5H3/t24-,25+/m0/s1. The summed E-state index contributed by atoms with van der Waals surface area (Å²) in [6.45, 7) is 1.43. The van der Waals surface area contributed by atoms with Crippen molar-refractivity contribution in [1.82, 2.24) is 9.80 Å². The van der Waals surface area contributed by atoms with E-state index in [4.69, 9.17) is 18.9 Å². The highest BCUT2D eigenvalue weighted by atomic mass is 16.5. The van der Waals surface area contributed by atoms with Crippen LogP contribution in [0, 0.1) is 0 Å². The lowest BCUT2D eigenvalue weighted by Gasteiger charge is -2.42. The largest absolute Gasteiger partial charge is 0.493 e. The Bertz CT molecular complexity index is 1090. The molecule has 1 fully saturated rings. The van der Waals surface area contributed by atoms with Crippen molar-refractivity contribution in [2.45, 2.75) is 37.6 Å². The van der Waals surface area contributed by atoms with Gasteiger partial charge in [0, 0.05) is 25.7 Å². The van der Waals surface area contributed by atoms with Gasteiger partial charge in [0.05, 0.1) is 40.4 Å². The highest BCUT2D eigenvalue weighted by Crippen LogP contribution is 2.47. The molecule has 0 unspecified atom stereocenters. The molecule has 2 aliphatic rings. The number of fused-ring (bicyclic) bond motifs is 1. The molecular weight excluding hydrogens is 448 g/mol. The zero-order valence-electron chi connectivity index (χ0n) is 21.1. The van der Waals surface area contributed by atoms with Crippen molar-refractivity contribution >= 4 is 11.8 Å². The molecule has 1 saturated heterocycles. The van der Waals surface area contributed by atoms with Crippen LogP contribution in [-0.2, 0) is 4.79 Å². The number of hydrogen-bond donors (Lipinski definition) is 0. The van der Waals surface area contributed by atoms with E-state index in [1.54, 1.807) is 45.4 Å². The second-order valence-electron chi connectivity index (χ2n) is 8.99. The van der Waals surface area contributed by atoms with Gasteiger partial charge in [-0.3, -0.25) is 9.59 Å². The molecule has 2 aliphatic heterocycles. The molecule has 35 heavy (non-hydrogen) atoms. The van der Waals surface area contributed by atoms with Gasteiger partial charge in [-0.2, -0.15) is 0 Å². The minimum absolute atomic E-state index is 0.0134. The first-order valence-corrected chi connectivity index (χ1v) is 12.0. The summed E-state index contributed by atoms with van der Waals surface area (Å²) in [6.07, 6.45) is 4.20. The average molecular weight is 483 g/mol. The van der Waals surface area contributed by atoms with E-state index < -0.39 is 12.0 Å². The zero-order chi connectivity index (χ0) is 25.1. The molecule has 0 bridgehead atoms. The molecule has 0 aliphatic carbocycles. The molecular formula is C27H34N2O6. The van der Waals surface area contributed by atoms with Gasteiger partial charge in [-0.1, -0.05) is 18.9 Å². The van der Waals surface area contributed by atoms with Crippen molar-refractivity contribution in [3.8, 4) is 23.0 Å². The minimum atomic E-state index is -0.608. The molecule has 2 aromatic rings.